The molecule has 1 heterocycles. The molecule has 0 aliphatic rings. The zero-order valence-electron chi connectivity index (χ0n) is 14.2. The van der Waals surface area contributed by atoms with Gasteiger partial charge >= 0.3 is 0 Å². The van der Waals surface area contributed by atoms with Crippen molar-refractivity contribution in [2.24, 2.45) is 5.73 Å². The lowest BCUT2D eigenvalue weighted by Gasteiger charge is -2.09. The fourth-order valence-electron chi connectivity index (χ4n) is 2.47. The number of nitrogens with one attached hydrogen (secondary N) is 2. The maximum absolute atomic E-state index is 7.27. The molecule has 3 aromatic rings. The number of rotatable bonds is 5. The molecule has 0 radical (unpaired) electrons. The highest BCUT2D eigenvalue weighted by Gasteiger charge is 2.05. The molecule has 1 aromatic heterocycles. The van der Waals surface area contributed by atoms with Crippen LogP contribution in [0.2, 0.25) is 0 Å². The van der Waals surface area contributed by atoms with Gasteiger partial charge in [-0.2, -0.15) is 5.10 Å². The van der Waals surface area contributed by atoms with Gasteiger partial charge in [-0.05, 0) is 79.1 Å². The van der Waals surface area contributed by atoms with E-state index in [0.717, 1.165) is 39.5 Å². The molecule has 0 bridgehead atoms. The van der Waals surface area contributed by atoms with Crippen LogP contribution in [0.3, 0.4) is 0 Å². The van der Waals surface area contributed by atoms with Crippen LogP contribution < -0.4 is 10.5 Å². The number of nitrogens with two attached hydrogens (primary N) is 1. The largest absolute Gasteiger partial charge is 0.457 e. The highest BCUT2D eigenvalue weighted by atomic mass is 16.5. The van der Waals surface area contributed by atoms with Gasteiger partial charge in [0, 0.05) is 17.5 Å². The fourth-order valence-corrected chi connectivity index (χ4v) is 2.47. The second-order valence-corrected chi connectivity index (χ2v) is 5.82. The molecule has 0 amide bonds. The summed E-state index contributed by atoms with van der Waals surface area (Å²) in [4.78, 5) is 0. The second-order valence-electron chi connectivity index (χ2n) is 5.82. The van der Waals surface area contributed by atoms with E-state index < -0.39 is 0 Å². The van der Waals surface area contributed by atoms with Crippen molar-refractivity contribution >= 4 is 11.9 Å². The van der Waals surface area contributed by atoms with Crippen LogP contribution >= 0.6 is 0 Å². The smallest absolute Gasteiger partial charge is 0.127 e. The first-order valence-corrected chi connectivity index (χ1v) is 7.94. The molecule has 0 atom stereocenters. The number of allylic oxidation sites excluding steroid dienone is 1. The normalized spacial score (nSPS) is 11.8. The molecule has 5 nitrogen and oxygen atoms in total. The van der Waals surface area contributed by atoms with E-state index in [1.54, 1.807) is 0 Å². The van der Waals surface area contributed by atoms with E-state index in [-0.39, 0.29) is 0 Å². The van der Waals surface area contributed by atoms with Crippen LogP contribution in [0.4, 0.5) is 0 Å². The van der Waals surface area contributed by atoms with Crippen molar-refractivity contribution < 1.29 is 4.74 Å². The van der Waals surface area contributed by atoms with Crippen LogP contribution in [-0.2, 0) is 0 Å². The summed E-state index contributed by atoms with van der Waals surface area (Å²) < 4.78 is 5.87. The molecule has 0 saturated heterocycles. The van der Waals surface area contributed by atoms with Crippen molar-refractivity contribution in [3.05, 3.63) is 71.4 Å². The lowest BCUT2D eigenvalue weighted by molar-refractivity contribution is 0.482. The molecular formula is C20H20N4O. The number of benzene rings is 2. The van der Waals surface area contributed by atoms with Crippen molar-refractivity contribution in [2.45, 2.75) is 13.8 Å². The Morgan fingerprint density at radius 2 is 1.68 bits per heavy atom. The summed E-state index contributed by atoms with van der Waals surface area (Å²) in [6.45, 7) is 3.83. The van der Waals surface area contributed by atoms with E-state index >= 15 is 0 Å². The number of nitrogens with zero attached hydrogens (tertiary/aromatic N) is 1. The van der Waals surface area contributed by atoms with E-state index in [0.29, 0.717) is 5.70 Å². The van der Waals surface area contributed by atoms with Crippen LogP contribution in [0.1, 0.15) is 18.1 Å². The second kappa shape index (κ2) is 7.05. The third-order valence-electron chi connectivity index (χ3n) is 4.01. The predicted octanol–water partition coefficient (Wildman–Crippen LogP) is 4.52. The highest BCUT2D eigenvalue weighted by molar-refractivity contribution is 5.87. The van der Waals surface area contributed by atoms with Gasteiger partial charge in [-0.25, -0.2) is 0 Å². The monoisotopic (exact) mass is 332 g/mol. The van der Waals surface area contributed by atoms with Crippen molar-refractivity contribution in [3.63, 3.8) is 0 Å². The number of aromatic nitrogens is 2. The van der Waals surface area contributed by atoms with Gasteiger partial charge < -0.3 is 15.9 Å². The van der Waals surface area contributed by atoms with Crippen LogP contribution in [0.15, 0.2) is 60.3 Å². The number of ether oxygens (including phenoxy) is 1. The van der Waals surface area contributed by atoms with Gasteiger partial charge in [-0.15, -0.1) is 0 Å². The van der Waals surface area contributed by atoms with Gasteiger partial charge in [0.15, 0.2) is 0 Å². The van der Waals surface area contributed by atoms with Gasteiger partial charge in [0.1, 0.15) is 11.5 Å². The van der Waals surface area contributed by atoms with Gasteiger partial charge in [0.2, 0.25) is 0 Å². The SMILES string of the molecule is CC(C=N)=C(N)c1ccc(Oc2ccc(-c3[nH]ncc3C)cc2)cc1. The molecule has 0 spiro atoms. The minimum Gasteiger partial charge on any atom is -0.457 e. The van der Waals surface area contributed by atoms with E-state index in [1.807, 2.05) is 68.6 Å². The zero-order chi connectivity index (χ0) is 17.8. The van der Waals surface area contributed by atoms with E-state index in [4.69, 9.17) is 15.9 Å². The van der Waals surface area contributed by atoms with Gasteiger partial charge in [-0.3, -0.25) is 5.10 Å². The third kappa shape index (κ3) is 3.61. The van der Waals surface area contributed by atoms with E-state index in [2.05, 4.69) is 10.2 Å². The van der Waals surface area contributed by atoms with Crippen LogP contribution in [0.5, 0.6) is 11.5 Å². The summed E-state index contributed by atoms with van der Waals surface area (Å²) in [5.41, 5.74) is 11.4. The molecule has 3 rings (SSSR count). The predicted molar refractivity (Wildman–Crippen MR) is 101 cm³/mol. The standard InChI is InChI=1S/C20H20N4O/c1-13(11-21)19(22)15-3-7-17(8-4-15)25-18-9-5-16(6-10-18)20-14(2)12-23-24-20/h3-12,21H,22H2,1-2H3,(H,23,24). The summed E-state index contributed by atoms with van der Waals surface area (Å²) in [5.74, 6) is 1.49. The summed E-state index contributed by atoms with van der Waals surface area (Å²) >= 11 is 0. The Hall–Kier alpha value is -3.34. The first-order valence-electron chi connectivity index (χ1n) is 7.94. The number of hydrogen-bond acceptors (Lipinski definition) is 4. The Bertz CT molecular complexity index is 906. The fraction of sp³-hybridized carbons (Fsp3) is 0.100. The average molecular weight is 332 g/mol. The lowest BCUT2D eigenvalue weighted by Crippen LogP contribution is -2.00. The average Bonchev–Trinajstić information content (AvgIpc) is 3.07. The Balaban J connectivity index is 1.75. The van der Waals surface area contributed by atoms with Crippen molar-refractivity contribution in [1.29, 1.82) is 5.41 Å². The highest BCUT2D eigenvalue weighted by Crippen LogP contribution is 2.27. The Morgan fingerprint density at radius 1 is 1.08 bits per heavy atom. The van der Waals surface area contributed by atoms with Crippen molar-refractivity contribution in [3.8, 4) is 22.8 Å². The molecule has 0 unspecified atom stereocenters. The van der Waals surface area contributed by atoms with Crippen molar-refractivity contribution in [1.82, 2.24) is 10.2 Å². The molecule has 2 aromatic carbocycles. The van der Waals surface area contributed by atoms with Crippen LogP contribution in [0, 0.1) is 12.3 Å². The molecule has 0 aliphatic heterocycles. The van der Waals surface area contributed by atoms with Gasteiger partial charge in [0.25, 0.3) is 0 Å². The summed E-state index contributed by atoms with van der Waals surface area (Å²) in [6.07, 6.45) is 3.06. The van der Waals surface area contributed by atoms with Gasteiger partial charge in [0.05, 0.1) is 11.9 Å². The Kier molecular flexibility index (Phi) is 4.66. The molecule has 0 aliphatic carbocycles. The zero-order valence-corrected chi connectivity index (χ0v) is 14.2. The first-order chi connectivity index (χ1) is 12.1. The summed E-state index contributed by atoms with van der Waals surface area (Å²) in [6, 6.07) is 15.4. The molecular weight excluding hydrogens is 312 g/mol. The van der Waals surface area contributed by atoms with Crippen molar-refractivity contribution in [2.75, 3.05) is 0 Å². The van der Waals surface area contributed by atoms with Crippen LogP contribution in [0.25, 0.3) is 17.0 Å². The maximum atomic E-state index is 7.27. The first kappa shape index (κ1) is 16.5. The molecule has 5 heteroatoms. The number of aryl methyl sites for hydroxylation is 1. The quantitative estimate of drug-likeness (QED) is 0.600. The molecule has 0 fully saturated rings. The molecule has 0 saturated carbocycles. The van der Waals surface area contributed by atoms with E-state index in [1.165, 1.54) is 6.21 Å². The Morgan fingerprint density at radius 3 is 2.20 bits per heavy atom. The number of H-pyrrole nitrogens is 1. The minimum absolute atomic E-state index is 0.598. The third-order valence-corrected chi connectivity index (χ3v) is 4.01. The summed E-state index contributed by atoms with van der Waals surface area (Å²) in [5, 5.41) is 14.3. The minimum atomic E-state index is 0.598. The van der Waals surface area contributed by atoms with Crippen LogP contribution in [-0.4, -0.2) is 16.4 Å². The van der Waals surface area contributed by atoms with E-state index in [9.17, 15) is 0 Å². The maximum Gasteiger partial charge on any atom is 0.127 e. The topological polar surface area (TPSA) is 87.8 Å². The Labute approximate surface area is 146 Å². The van der Waals surface area contributed by atoms with Gasteiger partial charge in [-0.1, -0.05) is 0 Å². The molecule has 126 valence electrons. The molecule has 4 N–H and O–H groups in total. The number of hydrogen-bond donors (Lipinski definition) is 3. The molecule has 25 heavy (non-hydrogen) atoms. The lowest BCUT2D eigenvalue weighted by atomic mass is 10.1. The number of aromatic amines is 1. The summed E-state index contributed by atoms with van der Waals surface area (Å²) in [7, 11) is 0.